The normalized spacial score (nSPS) is 16.1. The fourth-order valence-corrected chi connectivity index (χ4v) is 5.07. The monoisotopic (exact) mass is 488 g/mol. The standard InChI is InChI=1S/C27H28N4O5/c1-16(2)29-13-7-8-17(29)14-28-22(32)15-30-25-19-11-12-21(35-3)24(36-4)23(19)27(34)31(25)20-10-6-5-9-18(20)26(30)33/h5-13,16,25H,14-15H2,1-4H3,(H,28,32)/t25-/m1/s1. The minimum absolute atomic E-state index is 0.211. The Labute approximate surface area is 209 Å². The van der Waals surface area contributed by atoms with E-state index in [4.69, 9.17) is 9.47 Å². The smallest absolute Gasteiger partial charge is 0.264 e. The Morgan fingerprint density at radius 1 is 1.00 bits per heavy atom. The Morgan fingerprint density at radius 2 is 1.78 bits per heavy atom. The first-order valence-corrected chi connectivity index (χ1v) is 11.8. The number of aromatic nitrogens is 1. The fraction of sp³-hybridized carbons (Fsp3) is 0.296. The van der Waals surface area contributed by atoms with Crippen molar-refractivity contribution in [3.8, 4) is 11.5 Å². The largest absolute Gasteiger partial charge is 0.493 e. The van der Waals surface area contributed by atoms with Gasteiger partial charge in [-0.05, 0) is 44.2 Å². The van der Waals surface area contributed by atoms with Crippen LogP contribution in [0.5, 0.6) is 11.5 Å². The molecule has 2 aliphatic rings. The van der Waals surface area contributed by atoms with Crippen LogP contribution in [0.1, 0.15) is 58.0 Å². The lowest BCUT2D eigenvalue weighted by Gasteiger charge is -2.40. The highest BCUT2D eigenvalue weighted by Gasteiger charge is 2.50. The molecule has 0 radical (unpaired) electrons. The summed E-state index contributed by atoms with van der Waals surface area (Å²) < 4.78 is 13.0. The molecule has 1 N–H and O–H groups in total. The van der Waals surface area contributed by atoms with E-state index < -0.39 is 6.17 Å². The van der Waals surface area contributed by atoms with Crippen molar-refractivity contribution in [2.24, 2.45) is 0 Å². The molecular formula is C27H28N4O5. The summed E-state index contributed by atoms with van der Waals surface area (Å²) >= 11 is 0. The lowest BCUT2D eigenvalue weighted by Crippen LogP contribution is -2.51. The summed E-state index contributed by atoms with van der Waals surface area (Å²) in [7, 11) is 2.97. The van der Waals surface area contributed by atoms with Crippen LogP contribution in [-0.4, -0.2) is 48.0 Å². The van der Waals surface area contributed by atoms with Gasteiger partial charge in [-0.15, -0.1) is 0 Å². The third-order valence-electron chi connectivity index (χ3n) is 6.69. The van der Waals surface area contributed by atoms with Gasteiger partial charge in [0, 0.05) is 23.5 Å². The number of nitrogens with one attached hydrogen (secondary N) is 1. The van der Waals surface area contributed by atoms with Crippen molar-refractivity contribution in [1.82, 2.24) is 14.8 Å². The first-order valence-electron chi connectivity index (χ1n) is 11.8. The Kier molecular flexibility index (Phi) is 5.91. The summed E-state index contributed by atoms with van der Waals surface area (Å²) in [5.74, 6) is -0.228. The topological polar surface area (TPSA) is 93.1 Å². The predicted molar refractivity (Wildman–Crippen MR) is 133 cm³/mol. The van der Waals surface area contributed by atoms with E-state index in [1.165, 1.54) is 19.1 Å². The van der Waals surface area contributed by atoms with Crippen LogP contribution in [0.25, 0.3) is 0 Å². The molecule has 1 aromatic heterocycles. The second kappa shape index (κ2) is 9.07. The van der Waals surface area contributed by atoms with E-state index >= 15 is 0 Å². The summed E-state index contributed by atoms with van der Waals surface area (Å²) in [6, 6.07) is 14.5. The highest BCUT2D eigenvalue weighted by molar-refractivity contribution is 6.18. The summed E-state index contributed by atoms with van der Waals surface area (Å²) in [6.45, 7) is 4.26. The molecule has 2 aliphatic heterocycles. The zero-order chi connectivity index (χ0) is 25.6. The van der Waals surface area contributed by atoms with Gasteiger partial charge in [0.05, 0.1) is 37.6 Å². The molecule has 3 amide bonds. The highest BCUT2D eigenvalue weighted by Crippen LogP contribution is 2.49. The first-order chi connectivity index (χ1) is 17.4. The Balaban J connectivity index is 1.50. The Bertz CT molecular complexity index is 1360. The number of para-hydroxylation sites is 1. The van der Waals surface area contributed by atoms with Crippen molar-refractivity contribution in [2.75, 3.05) is 25.7 Å². The van der Waals surface area contributed by atoms with Gasteiger partial charge in [0.2, 0.25) is 5.91 Å². The van der Waals surface area contributed by atoms with E-state index in [0.717, 1.165) is 5.69 Å². The van der Waals surface area contributed by atoms with Crippen LogP contribution in [0, 0.1) is 0 Å². The molecular weight excluding hydrogens is 460 g/mol. The lowest BCUT2D eigenvalue weighted by molar-refractivity contribution is -0.122. The van der Waals surface area contributed by atoms with E-state index in [0.29, 0.717) is 40.4 Å². The SMILES string of the molecule is COc1ccc2c(c1OC)C(=O)N1c3ccccc3C(=O)N(CC(=O)NCc3cccn3C(C)C)[C@@H]21. The third kappa shape index (κ3) is 3.59. The van der Waals surface area contributed by atoms with Crippen LogP contribution in [0.15, 0.2) is 54.7 Å². The molecule has 186 valence electrons. The molecule has 0 spiro atoms. The zero-order valence-corrected chi connectivity index (χ0v) is 20.6. The van der Waals surface area contributed by atoms with Crippen molar-refractivity contribution in [3.63, 3.8) is 0 Å². The molecule has 0 fully saturated rings. The molecule has 0 bridgehead atoms. The quantitative estimate of drug-likeness (QED) is 0.549. The zero-order valence-electron chi connectivity index (χ0n) is 20.6. The summed E-state index contributed by atoms with van der Waals surface area (Å²) in [5.41, 5.74) is 2.74. The number of rotatable bonds is 7. The average Bonchev–Trinajstić information content (AvgIpc) is 3.47. The highest BCUT2D eigenvalue weighted by atomic mass is 16.5. The minimum Gasteiger partial charge on any atom is -0.493 e. The van der Waals surface area contributed by atoms with Gasteiger partial charge in [-0.2, -0.15) is 0 Å². The van der Waals surface area contributed by atoms with Gasteiger partial charge < -0.3 is 24.3 Å². The maximum atomic E-state index is 13.7. The van der Waals surface area contributed by atoms with Crippen LogP contribution in [0.4, 0.5) is 5.69 Å². The van der Waals surface area contributed by atoms with Crippen LogP contribution in [0.3, 0.4) is 0 Å². The van der Waals surface area contributed by atoms with Gasteiger partial charge in [-0.3, -0.25) is 19.3 Å². The molecule has 9 heteroatoms. The predicted octanol–water partition coefficient (Wildman–Crippen LogP) is 3.52. The van der Waals surface area contributed by atoms with Crippen molar-refractivity contribution in [3.05, 3.63) is 77.1 Å². The molecule has 0 aliphatic carbocycles. The number of methoxy groups -OCH3 is 2. The van der Waals surface area contributed by atoms with Crippen LogP contribution >= 0.6 is 0 Å². The number of anilines is 1. The van der Waals surface area contributed by atoms with Crippen LogP contribution < -0.4 is 19.7 Å². The molecule has 3 aromatic rings. The van der Waals surface area contributed by atoms with Gasteiger partial charge in [0.1, 0.15) is 12.7 Å². The van der Waals surface area contributed by atoms with Crippen LogP contribution in [-0.2, 0) is 11.3 Å². The second-order valence-electron chi connectivity index (χ2n) is 9.04. The fourth-order valence-electron chi connectivity index (χ4n) is 5.07. The van der Waals surface area contributed by atoms with Gasteiger partial charge in [0.25, 0.3) is 11.8 Å². The van der Waals surface area contributed by atoms with E-state index in [1.807, 2.05) is 18.3 Å². The van der Waals surface area contributed by atoms with E-state index in [2.05, 4.69) is 23.7 Å². The third-order valence-corrected chi connectivity index (χ3v) is 6.69. The van der Waals surface area contributed by atoms with Crippen LogP contribution in [0.2, 0.25) is 0 Å². The number of nitrogens with zero attached hydrogens (tertiary/aromatic N) is 3. The molecule has 2 aromatic carbocycles. The number of benzene rings is 2. The molecule has 0 unspecified atom stereocenters. The summed E-state index contributed by atoms with van der Waals surface area (Å²) in [4.78, 5) is 43.4. The van der Waals surface area contributed by atoms with Crippen molar-refractivity contribution in [1.29, 1.82) is 0 Å². The minimum atomic E-state index is -0.778. The first kappa shape index (κ1) is 23.5. The Hall–Kier alpha value is -4.27. The van der Waals surface area contributed by atoms with Crippen molar-refractivity contribution in [2.45, 2.75) is 32.6 Å². The van der Waals surface area contributed by atoms with Gasteiger partial charge >= 0.3 is 0 Å². The molecule has 36 heavy (non-hydrogen) atoms. The molecule has 3 heterocycles. The molecule has 5 rings (SSSR count). The number of carbonyl (C=O) groups is 3. The van der Waals surface area contributed by atoms with E-state index in [-0.39, 0.29) is 30.3 Å². The molecule has 0 saturated carbocycles. The van der Waals surface area contributed by atoms with E-state index in [1.54, 1.807) is 41.3 Å². The van der Waals surface area contributed by atoms with Crippen molar-refractivity contribution < 1.29 is 23.9 Å². The van der Waals surface area contributed by atoms with Crippen molar-refractivity contribution >= 4 is 23.4 Å². The number of ether oxygens (including phenoxy) is 2. The number of carbonyl (C=O) groups excluding carboxylic acids is 3. The maximum absolute atomic E-state index is 13.7. The average molecular weight is 489 g/mol. The van der Waals surface area contributed by atoms with Gasteiger partial charge in [-0.1, -0.05) is 18.2 Å². The Morgan fingerprint density at radius 3 is 2.50 bits per heavy atom. The second-order valence-corrected chi connectivity index (χ2v) is 9.04. The number of hydrogen-bond acceptors (Lipinski definition) is 5. The number of hydrogen-bond donors (Lipinski definition) is 1. The van der Waals surface area contributed by atoms with E-state index in [9.17, 15) is 14.4 Å². The molecule has 9 nitrogen and oxygen atoms in total. The summed E-state index contributed by atoms with van der Waals surface area (Å²) in [6.07, 6.45) is 1.19. The number of amides is 3. The van der Waals surface area contributed by atoms with Gasteiger partial charge in [0.15, 0.2) is 11.5 Å². The maximum Gasteiger partial charge on any atom is 0.264 e. The molecule has 1 atom stereocenters. The lowest BCUT2D eigenvalue weighted by atomic mass is 10.0. The number of fused-ring (bicyclic) bond motifs is 5. The molecule has 0 saturated heterocycles. The van der Waals surface area contributed by atoms with Gasteiger partial charge in [-0.25, -0.2) is 0 Å². The summed E-state index contributed by atoms with van der Waals surface area (Å²) in [5, 5.41) is 2.93.